The van der Waals surface area contributed by atoms with Crippen LogP contribution in [0.4, 0.5) is 0 Å². The summed E-state index contributed by atoms with van der Waals surface area (Å²) in [7, 11) is 9.88. The summed E-state index contributed by atoms with van der Waals surface area (Å²) in [6.45, 7) is 6.97. The smallest absolute Gasteiger partial charge is 0.146 e. The van der Waals surface area contributed by atoms with E-state index in [1.165, 1.54) is 11.1 Å². The fourth-order valence-electron chi connectivity index (χ4n) is 3.42. The highest BCUT2D eigenvalue weighted by molar-refractivity contribution is 5.34. The van der Waals surface area contributed by atoms with Crippen LogP contribution >= 0.6 is 0 Å². The van der Waals surface area contributed by atoms with Crippen molar-refractivity contribution >= 4 is 0 Å². The lowest BCUT2D eigenvalue weighted by Crippen LogP contribution is -2.21. The average Bonchev–Trinajstić information content (AvgIpc) is 3.18. The zero-order chi connectivity index (χ0) is 21.8. The summed E-state index contributed by atoms with van der Waals surface area (Å²) in [6, 6.07) is 6.42. The van der Waals surface area contributed by atoms with Crippen molar-refractivity contribution in [3.63, 3.8) is 0 Å². The molecule has 0 fully saturated rings. The van der Waals surface area contributed by atoms with Gasteiger partial charge in [0.25, 0.3) is 0 Å². The molecule has 1 aromatic carbocycles. The lowest BCUT2D eigenvalue weighted by molar-refractivity contribution is 0.300. The topological polar surface area (TPSA) is 77.1 Å². The van der Waals surface area contributed by atoms with Crippen molar-refractivity contribution in [1.82, 2.24) is 39.3 Å². The summed E-state index contributed by atoms with van der Waals surface area (Å²) in [5.74, 6) is 4.62. The van der Waals surface area contributed by atoms with Crippen LogP contribution < -0.4 is 4.74 Å². The first-order chi connectivity index (χ1) is 14.3. The molecule has 0 atom stereocenters. The van der Waals surface area contributed by atoms with Gasteiger partial charge in [-0.15, -0.1) is 20.4 Å². The highest BCUT2D eigenvalue weighted by Crippen LogP contribution is 2.20. The first kappa shape index (κ1) is 21.9. The van der Waals surface area contributed by atoms with Crippen LogP contribution in [0.25, 0.3) is 0 Å². The molecule has 0 radical (unpaired) electrons. The lowest BCUT2D eigenvalue weighted by Gasteiger charge is -2.20. The molecule has 9 heteroatoms. The Kier molecular flexibility index (Phi) is 6.84. The Morgan fingerprint density at radius 2 is 1.17 bits per heavy atom. The van der Waals surface area contributed by atoms with Gasteiger partial charge in [-0.05, 0) is 51.2 Å². The van der Waals surface area contributed by atoms with Gasteiger partial charge in [-0.25, -0.2) is 0 Å². The van der Waals surface area contributed by atoms with Crippen molar-refractivity contribution in [1.29, 1.82) is 0 Å². The van der Waals surface area contributed by atoms with Crippen molar-refractivity contribution in [3.05, 3.63) is 52.6 Å². The van der Waals surface area contributed by atoms with Crippen LogP contribution in [0.15, 0.2) is 18.2 Å². The van der Waals surface area contributed by atoms with Crippen LogP contribution in [-0.2, 0) is 40.3 Å². The van der Waals surface area contributed by atoms with Gasteiger partial charge in [-0.3, -0.25) is 9.80 Å². The molecular formula is C21H32N8O. The maximum Gasteiger partial charge on any atom is 0.146 e. The molecule has 0 saturated heterocycles. The van der Waals surface area contributed by atoms with E-state index < -0.39 is 0 Å². The lowest BCUT2D eigenvalue weighted by atomic mass is 10.1. The number of methoxy groups -OCH3 is 1. The summed E-state index contributed by atoms with van der Waals surface area (Å²) >= 11 is 0. The molecule has 0 saturated carbocycles. The molecule has 2 aromatic heterocycles. The number of ether oxygens (including phenoxy) is 1. The number of rotatable bonds is 9. The Labute approximate surface area is 178 Å². The molecule has 3 rings (SSSR count). The molecule has 0 unspecified atom stereocenters. The minimum Gasteiger partial charge on any atom is -0.497 e. The van der Waals surface area contributed by atoms with E-state index in [1.807, 2.05) is 37.1 Å². The molecule has 30 heavy (non-hydrogen) atoms. The van der Waals surface area contributed by atoms with E-state index in [-0.39, 0.29) is 0 Å². The van der Waals surface area contributed by atoms with Gasteiger partial charge in [0, 0.05) is 27.2 Å². The zero-order valence-corrected chi connectivity index (χ0v) is 19.0. The quantitative estimate of drug-likeness (QED) is 0.531. The Morgan fingerprint density at radius 1 is 0.733 bits per heavy atom. The van der Waals surface area contributed by atoms with E-state index in [9.17, 15) is 0 Å². The number of benzene rings is 1. The third-order valence-corrected chi connectivity index (χ3v) is 5.35. The Balaban J connectivity index is 1.68. The van der Waals surface area contributed by atoms with Crippen molar-refractivity contribution in [2.24, 2.45) is 14.1 Å². The Morgan fingerprint density at radius 3 is 1.50 bits per heavy atom. The van der Waals surface area contributed by atoms with Gasteiger partial charge in [0.1, 0.15) is 29.0 Å². The standard InChI is InChI=1S/C21H32N8O/c1-15-22-24-20(28(15)5)13-26(3)11-17-8-18(10-19(9-17)30-7)12-27(4)14-21-25-23-16(2)29(21)6/h8-10H,11-14H2,1-7H3. The highest BCUT2D eigenvalue weighted by Gasteiger charge is 2.12. The minimum atomic E-state index is 0.731. The molecule has 0 N–H and O–H groups in total. The molecule has 2 heterocycles. The molecule has 0 aliphatic rings. The van der Waals surface area contributed by atoms with Crippen LogP contribution in [0, 0.1) is 13.8 Å². The van der Waals surface area contributed by atoms with E-state index in [0.29, 0.717) is 0 Å². The summed E-state index contributed by atoms with van der Waals surface area (Å²) in [5, 5.41) is 16.8. The molecule has 9 nitrogen and oxygen atoms in total. The monoisotopic (exact) mass is 412 g/mol. The van der Waals surface area contributed by atoms with Gasteiger partial charge in [0.2, 0.25) is 0 Å². The number of aromatic nitrogens is 6. The predicted octanol–water partition coefficient (Wildman–Crippen LogP) is 1.83. The summed E-state index contributed by atoms with van der Waals surface area (Å²) in [4.78, 5) is 4.46. The molecule has 162 valence electrons. The van der Waals surface area contributed by atoms with E-state index in [2.05, 4.69) is 62.5 Å². The van der Waals surface area contributed by atoms with Crippen LogP contribution in [-0.4, -0.2) is 60.5 Å². The minimum absolute atomic E-state index is 0.731. The van der Waals surface area contributed by atoms with Crippen molar-refractivity contribution in [2.45, 2.75) is 40.0 Å². The Hall–Kier alpha value is -2.78. The van der Waals surface area contributed by atoms with Crippen LogP contribution in [0.3, 0.4) is 0 Å². The second kappa shape index (κ2) is 9.36. The van der Waals surface area contributed by atoms with E-state index >= 15 is 0 Å². The zero-order valence-electron chi connectivity index (χ0n) is 19.0. The number of hydrogen-bond acceptors (Lipinski definition) is 7. The van der Waals surface area contributed by atoms with E-state index in [1.54, 1.807) is 7.11 Å². The van der Waals surface area contributed by atoms with Crippen LogP contribution in [0.5, 0.6) is 5.75 Å². The van der Waals surface area contributed by atoms with Crippen LogP contribution in [0.2, 0.25) is 0 Å². The van der Waals surface area contributed by atoms with Crippen molar-refractivity contribution < 1.29 is 4.74 Å². The number of nitrogens with zero attached hydrogens (tertiary/aromatic N) is 8. The summed E-state index contributed by atoms with van der Waals surface area (Å²) < 4.78 is 9.60. The largest absolute Gasteiger partial charge is 0.497 e. The number of hydrogen-bond donors (Lipinski definition) is 0. The predicted molar refractivity (Wildman–Crippen MR) is 115 cm³/mol. The second-order valence-electron chi connectivity index (χ2n) is 7.98. The van der Waals surface area contributed by atoms with Gasteiger partial charge in [0.15, 0.2) is 0 Å². The molecule has 0 spiro atoms. The summed E-state index contributed by atoms with van der Waals surface area (Å²) in [5.41, 5.74) is 2.40. The SMILES string of the molecule is COc1cc(CN(C)Cc2nnc(C)n2C)cc(CN(C)Cc2nnc(C)n2C)c1. The van der Waals surface area contributed by atoms with Gasteiger partial charge in [-0.2, -0.15) is 0 Å². The van der Waals surface area contributed by atoms with Crippen LogP contribution in [0.1, 0.15) is 34.4 Å². The fourth-order valence-corrected chi connectivity index (χ4v) is 3.42. The maximum absolute atomic E-state index is 5.55. The van der Waals surface area contributed by atoms with Gasteiger partial charge >= 0.3 is 0 Å². The first-order valence-corrected chi connectivity index (χ1v) is 10.0. The molecule has 0 amide bonds. The fraction of sp³-hybridized carbons (Fsp3) is 0.524. The molecule has 0 bridgehead atoms. The molecule has 3 aromatic rings. The summed E-state index contributed by atoms with van der Waals surface area (Å²) in [6.07, 6.45) is 0. The molecule has 0 aliphatic carbocycles. The average molecular weight is 413 g/mol. The van der Waals surface area contributed by atoms with Gasteiger partial charge in [0.05, 0.1) is 20.2 Å². The van der Waals surface area contributed by atoms with Gasteiger partial charge in [-0.1, -0.05) is 6.07 Å². The Bertz CT molecular complexity index is 919. The third kappa shape index (κ3) is 5.22. The van der Waals surface area contributed by atoms with Crippen molar-refractivity contribution in [3.8, 4) is 5.75 Å². The van der Waals surface area contributed by atoms with Gasteiger partial charge < -0.3 is 13.9 Å². The molecule has 0 aliphatic heterocycles. The van der Waals surface area contributed by atoms with E-state index in [0.717, 1.165) is 55.2 Å². The maximum atomic E-state index is 5.55. The molecular weight excluding hydrogens is 380 g/mol. The third-order valence-electron chi connectivity index (χ3n) is 5.35. The van der Waals surface area contributed by atoms with Crippen molar-refractivity contribution in [2.75, 3.05) is 21.2 Å². The second-order valence-corrected chi connectivity index (χ2v) is 7.98. The first-order valence-electron chi connectivity index (χ1n) is 10.0. The normalized spacial score (nSPS) is 11.6. The van der Waals surface area contributed by atoms with E-state index in [4.69, 9.17) is 4.74 Å². The highest BCUT2D eigenvalue weighted by atomic mass is 16.5. The number of aryl methyl sites for hydroxylation is 2.